The fourth-order valence-corrected chi connectivity index (χ4v) is 7.36. The van der Waals surface area contributed by atoms with Gasteiger partial charge in [0.2, 0.25) is 5.91 Å². The normalized spacial score (nSPS) is 13.8. The van der Waals surface area contributed by atoms with Gasteiger partial charge < -0.3 is 20.3 Å². The number of rotatable bonds is 44. The maximum Gasteiger partial charge on any atom is 0.306 e. The molecule has 6 heteroatoms. The number of amides is 1. The maximum absolute atomic E-state index is 13.2. The van der Waals surface area contributed by atoms with Crippen molar-refractivity contribution in [2.75, 3.05) is 6.61 Å². The smallest absolute Gasteiger partial charge is 0.306 e. The van der Waals surface area contributed by atoms with E-state index in [1.165, 1.54) is 103 Å². The summed E-state index contributed by atoms with van der Waals surface area (Å²) < 4.78 is 5.91. The van der Waals surface area contributed by atoms with E-state index in [4.69, 9.17) is 4.74 Å². The minimum atomic E-state index is -0.796. The molecule has 0 radical (unpaired) electrons. The lowest BCUT2D eigenvalue weighted by molar-refractivity contribution is -0.151. The number of hydrogen-bond donors (Lipinski definition) is 3. The highest BCUT2D eigenvalue weighted by Gasteiger charge is 2.24. The standard InChI is InChI=1S/C53H95NO5/c1-4-7-10-13-16-19-22-25-26-28-31-34-37-40-43-46-53(58)59-49(44-41-38-35-32-29-27-23-20-17-14-11-8-5-2)47-52(57)54-50(48-55)51(56)45-42-39-36-33-30-24-21-18-15-12-9-6-3/h8,11,14,16-17,19-20,22-23,25,49-51,55-56H,4-7,9-10,12-13,15,18,21,24,26-48H2,1-3H3,(H,54,57)/b11-8+,17-14+,19-16+,23-20+,25-22+. The highest BCUT2D eigenvalue weighted by Crippen LogP contribution is 2.17. The van der Waals surface area contributed by atoms with Gasteiger partial charge in [-0.3, -0.25) is 9.59 Å². The predicted octanol–water partition coefficient (Wildman–Crippen LogP) is 14.8. The number of carbonyl (C=O) groups excluding carboxylic acids is 2. The largest absolute Gasteiger partial charge is 0.462 e. The summed E-state index contributed by atoms with van der Waals surface area (Å²) in [4.78, 5) is 26.1. The summed E-state index contributed by atoms with van der Waals surface area (Å²) in [5.74, 6) is -0.508. The second-order valence-electron chi connectivity index (χ2n) is 16.9. The van der Waals surface area contributed by atoms with Gasteiger partial charge in [0.1, 0.15) is 6.10 Å². The summed E-state index contributed by atoms with van der Waals surface area (Å²) in [6.45, 7) is 6.31. The Balaban J connectivity index is 4.63. The predicted molar refractivity (Wildman–Crippen MR) is 255 cm³/mol. The van der Waals surface area contributed by atoms with E-state index >= 15 is 0 Å². The Kier molecular flexibility index (Phi) is 44.7. The number of aliphatic hydroxyl groups excluding tert-OH is 2. The van der Waals surface area contributed by atoms with Gasteiger partial charge in [0.25, 0.3) is 0 Å². The Bertz CT molecular complexity index is 1060. The first-order valence-electron chi connectivity index (χ1n) is 25.1. The van der Waals surface area contributed by atoms with Crippen LogP contribution < -0.4 is 5.32 Å². The number of esters is 1. The van der Waals surface area contributed by atoms with Crippen LogP contribution in [0.5, 0.6) is 0 Å². The van der Waals surface area contributed by atoms with E-state index in [2.05, 4.69) is 86.8 Å². The summed E-state index contributed by atoms with van der Waals surface area (Å²) >= 11 is 0. The monoisotopic (exact) mass is 826 g/mol. The quantitative estimate of drug-likeness (QED) is 0.0323. The average molecular weight is 826 g/mol. The Hall–Kier alpha value is -2.44. The Morgan fingerprint density at radius 1 is 0.508 bits per heavy atom. The third-order valence-electron chi connectivity index (χ3n) is 11.2. The van der Waals surface area contributed by atoms with Crippen molar-refractivity contribution in [1.29, 1.82) is 0 Å². The molecule has 0 saturated carbocycles. The van der Waals surface area contributed by atoms with Gasteiger partial charge in [-0.25, -0.2) is 0 Å². The highest BCUT2D eigenvalue weighted by atomic mass is 16.5. The molecule has 0 fully saturated rings. The molecule has 0 bridgehead atoms. The summed E-state index contributed by atoms with van der Waals surface area (Å²) in [5, 5.41) is 23.7. The molecule has 0 aromatic carbocycles. The van der Waals surface area contributed by atoms with Crippen LogP contribution in [0.15, 0.2) is 60.8 Å². The van der Waals surface area contributed by atoms with Gasteiger partial charge in [-0.2, -0.15) is 0 Å². The third-order valence-corrected chi connectivity index (χ3v) is 11.2. The van der Waals surface area contributed by atoms with Crippen LogP contribution >= 0.6 is 0 Å². The molecule has 59 heavy (non-hydrogen) atoms. The van der Waals surface area contributed by atoms with Crippen LogP contribution in [0.3, 0.4) is 0 Å². The molecule has 1 amide bonds. The fourth-order valence-electron chi connectivity index (χ4n) is 7.36. The van der Waals surface area contributed by atoms with Gasteiger partial charge in [-0.1, -0.05) is 216 Å². The first-order valence-corrected chi connectivity index (χ1v) is 25.1. The Morgan fingerprint density at radius 3 is 1.42 bits per heavy atom. The Morgan fingerprint density at radius 2 is 0.915 bits per heavy atom. The first kappa shape index (κ1) is 56.6. The van der Waals surface area contributed by atoms with E-state index < -0.39 is 18.2 Å². The lowest BCUT2D eigenvalue weighted by atomic mass is 10.0. The molecule has 0 aliphatic heterocycles. The van der Waals surface area contributed by atoms with Crippen LogP contribution in [-0.2, 0) is 14.3 Å². The van der Waals surface area contributed by atoms with Crippen molar-refractivity contribution in [1.82, 2.24) is 5.32 Å². The van der Waals surface area contributed by atoms with Crippen molar-refractivity contribution in [3.63, 3.8) is 0 Å². The number of unbranched alkanes of at least 4 members (excludes halogenated alkanes) is 25. The van der Waals surface area contributed by atoms with E-state index in [1.807, 2.05) is 0 Å². The number of nitrogens with one attached hydrogen (secondary N) is 1. The van der Waals surface area contributed by atoms with E-state index in [9.17, 15) is 19.8 Å². The summed E-state index contributed by atoms with van der Waals surface area (Å²) in [5.41, 5.74) is 0. The number of ether oxygens (including phenoxy) is 1. The zero-order valence-corrected chi connectivity index (χ0v) is 38.9. The zero-order chi connectivity index (χ0) is 43.1. The van der Waals surface area contributed by atoms with Crippen LogP contribution in [0.25, 0.3) is 0 Å². The molecule has 6 nitrogen and oxygen atoms in total. The summed E-state index contributed by atoms with van der Waals surface area (Å²) in [7, 11) is 0. The van der Waals surface area contributed by atoms with Gasteiger partial charge in [-0.15, -0.1) is 0 Å². The van der Waals surface area contributed by atoms with E-state index in [0.717, 1.165) is 89.9 Å². The summed E-state index contributed by atoms with van der Waals surface area (Å²) in [6.07, 6.45) is 57.0. The van der Waals surface area contributed by atoms with Crippen LogP contribution in [0, 0.1) is 0 Å². The van der Waals surface area contributed by atoms with Crippen LogP contribution in [-0.4, -0.2) is 46.9 Å². The van der Waals surface area contributed by atoms with Crippen molar-refractivity contribution >= 4 is 11.9 Å². The third kappa shape index (κ3) is 42.1. The van der Waals surface area contributed by atoms with Crippen molar-refractivity contribution in [2.24, 2.45) is 0 Å². The van der Waals surface area contributed by atoms with Gasteiger partial charge in [-0.05, 0) is 70.6 Å². The maximum atomic E-state index is 13.2. The Labute approximate surface area is 365 Å². The number of aliphatic hydroxyl groups is 2. The molecule has 3 unspecified atom stereocenters. The molecule has 0 aromatic heterocycles. The molecule has 0 aliphatic rings. The number of hydrogen-bond acceptors (Lipinski definition) is 5. The lowest BCUT2D eigenvalue weighted by Gasteiger charge is -2.24. The number of allylic oxidation sites excluding steroid dienone is 10. The van der Waals surface area contributed by atoms with Gasteiger partial charge in [0, 0.05) is 6.42 Å². The zero-order valence-electron chi connectivity index (χ0n) is 38.9. The van der Waals surface area contributed by atoms with Crippen molar-refractivity contribution < 1.29 is 24.5 Å². The van der Waals surface area contributed by atoms with Crippen molar-refractivity contribution in [3.05, 3.63) is 60.8 Å². The minimum Gasteiger partial charge on any atom is -0.462 e. The topological polar surface area (TPSA) is 95.9 Å². The van der Waals surface area contributed by atoms with Crippen LogP contribution in [0.2, 0.25) is 0 Å². The molecule has 0 aromatic rings. The van der Waals surface area contributed by atoms with Gasteiger partial charge >= 0.3 is 5.97 Å². The molecule has 0 saturated heterocycles. The van der Waals surface area contributed by atoms with Crippen molar-refractivity contribution in [3.8, 4) is 0 Å². The SMILES string of the molecule is CC/C=C/C=C/C=C/CCCCCCCC(CC(=O)NC(CO)C(O)CCCCCCCCCCCCCC)OC(=O)CCCCCCCC/C=C/C=C/CCCCC. The molecule has 0 aliphatic carbocycles. The van der Waals surface area contributed by atoms with Crippen LogP contribution in [0.4, 0.5) is 0 Å². The molecule has 3 N–H and O–H groups in total. The number of carbonyl (C=O) groups is 2. The minimum absolute atomic E-state index is 0.0580. The fraction of sp³-hybridized carbons (Fsp3) is 0.774. The van der Waals surface area contributed by atoms with Crippen LogP contribution in [0.1, 0.15) is 239 Å². The second-order valence-corrected chi connectivity index (χ2v) is 16.9. The van der Waals surface area contributed by atoms with Crippen molar-refractivity contribution in [2.45, 2.75) is 257 Å². The average Bonchev–Trinajstić information content (AvgIpc) is 3.23. The van der Waals surface area contributed by atoms with E-state index in [-0.39, 0.29) is 24.9 Å². The lowest BCUT2D eigenvalue weighted by Crippen LogP contribution is -2.46. The first-order chi connectivity index (χ1) is 29.0. The molecule has 3 atom stereocenters. The summed E-state index contributed by atoms with van der Waals surface area (Å²) in [6, 6.07) is -0.711. The molecule has 0 rings (SSSR count). The van der Waals surface area contributed by atoms with Gasteiger partial charge in [0.05, 0.1) is 25.2 Å². The molecular weight excluding hydrogens is 731 g/mol. The van der Waals surface area contributed by atoms with E-state index in [1.54, 1.807) is 0 Å². The second kappa shape index (κ2) is 46.6. The molecule has 0 spiro atoms. The molecular formula is C53H95NO5. The van der Waals surface area contributed by atoms with E-state index in [0.29, 0.717) is 19.3 Å². The molecule has 0 heterocycles. The van der Waals surface area contributed by atoms with Gasteiger partial charge in [0.15, 0.2) is 0 Å². The highest BCUT2D eigenvalue weighted by molar-refractivity contribution is 5.77. The molecule has 342 valence electrons.